The van der Waals surface area contributed by atoms with Crippen molar-refractivity contribution in [2.45, 2.75) is 20.3 Å². The number of aryl methyl sites for hydroxylation is 2. The van der Waals surface area contributed by atoms with E-state index in [4.69, 9.17) is 9.26 Å². The highest BCUT2D eigenvalue weighted by molar-refractivity contribution is 5.97. The smallest absolute Gasteiger partial charge is 0.265 e. The second kappa shape index (κ2) is 10.3. The summed E-state index contributed by atoms with van der Waals surface area (Å²) >= 11 is 0. The molecule has 10 heteroatoms. The van der Waals surface area contributed by atoms with E-state index in [0.29, 0.717) is 34.0 Å². The SMILES string of the molecule is Cc1noc(C)c1-c1cc(Oc2ccc(CC(=O)c3cccn(-c4ccc(F)cc4)c3=O)cc2F)c2ccnn2c1. The summed E-state index contributed by atoms with van der Waals surface area (Å²) < 4.78 is 42.7. The summed E-state index contributed by atoms with van der Waals surface area (Å²) in [6.45, 7) is 3.63. The lowest BCUT2D eigenvalue weighted by molar-refractivity contribution is 0.0991. The quantitative estimate of drug-likeness (QED) is 0.217. The second-order valence-electron chi connectivity index (χ2n) is 9.49. The number of ether oxygens (including phenoxy) is 1. The number of hydrogen-bond acceptors (Lipinski definition) is 6. The van der Waals surface area contributed by atoms with Gasteiger partial charge in [0.25, 0.3) is 5.56 Å². The lowest BCUT2D eigenvalue weighted by Gasteiger charge is -2.12. The molecule has 0 N–H and O–H groups in total. The van der Waals surface area contributed by atoms with Gasteiger partial charge in [-0.1, -0.05) is 11.2 Å². The maximum absolute atomic E-state index is 15.2. The highest BCUT2D eigenvalue weighted by atomic mass is 19.1. The van der Waals surface area contributed by atoms with Gasteiger partial charge in [0.05, 0.1) is 17.5 Å². The molecule has 0 spiro atoms. The molecule has 204 valence electrons. The van der Waals surface area contributed by atoms with Gasteiger partial charge in [-0.15, -0.1) is 0 Å². The van der Waals surface area contributed by atoms with Crippen LogP contribution in [-0.4, -0.2) is 25.1 Å². The molecule has 6 rings (SSSR count). The topological polar surface area (TPSA) is 91.6 Å². The number of pyridine rings is 2. The van der Waals surface area contributed by atoms with E-state index in [2.05, 4.69) is 10.3 Å². The number of carbonyl (C=O) groups excluding carboxylic acids is 1. The number of nitrogens with zero attached hydrogens (tertiary/aromatic N) is 4. The number of rotatable bonds is 7. The summed E-state index contributed by atoms with van der Waals surface area (Å²) in [5, 5.41) is 8.30. The minimum Gasteiger partial charge on any atom is -0.452 e. The maximum Gasteiger partial charge on any atom is 0.265 e. The van der Waals surface area contributed by atoms with Crippen LogP contribution in [-0.2, 0) is 6.42 Å². The summed E-state index contributed by atoms with van der Waals surface area (Å²) in [4.78, 5) is 26.0. The Labute approximate surface area is 232 Å². The number of halogens is 2. The van der Waals surface area contributed by atoms with E-state index in [0.717, 1.165) is 11.1 Å². The molecule has 4 heterocycles. The molecule has 0 saturated heterocycles. The molecule has 41 heavy (non-hydrogen) atoms. The summed E-state index contributed by atoms with van der Waals surface area (Å²) in [6.07, 6.45) is 4.72. The first-order chi connectivity index (χ1) is 19.8. The number of hydrogen-bond donors (Lipinski definition) is 0. The van der Waals surface area contributed by atoms with E-state index in [-0.39, 0.29) is 17.7 Å². The molecule has 2 aromatic carbocycles. The second-order valence-corrected chi connectivity index (χ2v) is 9.49. The van der Waals surface area contributed by atoms with Crippen molar-refractivity contribution in [1.82, 2.24) is 19.3 Å². The molecule has 4 aromatic heterocycles. The van der Waals surface area contributed by atoms with Gasteiger partial charge in [-0.25, -0.2) is 13.3 Å². The highest BCUT2D eigenvalue weighted by Gasteiger charge is 2.18. The Bertz CT molecular complexity index is 1970. The zero-order chi connectivity index (χ0) is 28.7. The molecule has 0 aliphatic heterocycles. The van der Waals surface area contributed by atoms with Crippen LogP contribution in [0.5, 0.6) is 11.5 Å². The third-order valence-electron chi connectivity index (χ3n) is 6.73. The van der Waals surface area contributed by atoms with E-state index < -0.39 is 23.0 Å². The lowest BCUT2D eigenvalue weighted by Crippen LogP contribution is -2.25. The van der Waals surface area contributed by atoms with Gasteiger partial charge in [0, 0.05) is 35.6 Å². The first kappa shape index (κ1) is 25.9. The first-order valence-corrected chi connectivity index (χ1v) is 12.7. The highest BCUT2D eigenvalue weighted by Crippen LogP contribution is 2.35. The molecule has 0 aliphatic carbocycles. The molecular formula is C31H22F2N4O4. The number of aromatic nitrogens is 4. The standard InChI is InChI=1S/C31H22F2N4O4/c1-18-30(19(2)41-35-18)21-16-29(26-11-12-34-37(26)17-21)40-28-10-5-20(14-25(28)33)15-27(38)24-4-3-13-36(31(24)39)23-8-6-22(32)7-9-23/h3-14,16-17H,15H2,1-2H3. The molecule has 0 fully saturated rings. The van der Waals surface area contributed by atoms with Crippen LogP contribution in [0.1, 0.15) is 27.4 Å². The maximum atomic E-state index is 15.2. The Morgan fingerprint density at radius 2 is 1.80 bits per heavy atom. The van der Waals surface area contributed by atoms with E-state index in [9.17, 15) is 14.0 Å². The molecule has 0 aliphatic rings. The summed E-state index contributed by atoms with van der Waals surface area (Å²) in [7, 11) is 0. The predicted octanol–water partition coefficient (Wildman–Crippen LogP) is 6.25. The van der Waals surface area contributed by atoms with Gasteiger partial charge in [0.1, 0.15) is 17.1 Å². The van der Waals surface area contributed by atoms with Crippen LogP contribution in [0.2, 0.25) is 0 Å². The molecule has 0 bridgehead atoms. The Balaban J connectivity index is 1.26. The van der Waals surface area contributed by atoms with E-state index >= 15 is 4.39 Å². The molecule has 0 atom stereocenters. The largest absolute Gasteiger partial charge is 0.452 e. The number of benzene rings is 2. The lowest BCUT2D eigenvalue weighted by atomic mass is 10.0. The molecule has 0 unspecified atom stereocenters. The molecular weight excluding hydrogens is 530 g/mol. The third kappa shape index (κ3) is 4.91. The summed E-state index contributed by atoms with van der Waals surface area (Å²) in [5.74, 6) is -0.638. The fourth-order valence-corrected chi connectivity index (χ4v) is 4.76. The zero-order valence-electron chi connectivity index (χ0n) is 22.0. The van der Waals surface area contributed by atoms with Gasteiger partial charge >= 0.3 is 0 Å². The van der Waals surface area contributed by atoms with Crippen molar-refractivity contribution >= 4 is 11.3 Å². The number of ketones is 1. The van der Waals surface area contributed by atoms with E-state index in [1.54, 1.807) is 41.9 Å². The fraction of sp³-hybridized carbons (Fsp3) is 0.0968. The number of fused-ring (bicyclic) bond motifs is 1. The van der Waals surface area contributed by atoms with Crippen molar-refractivity contribution in [3.63, 3.8) is 0 Å². The van der Waals surface area contributed by atoms with Crippen molar-refractivity contribution in [1.29, 1.82) is 0 Å². The van der Waals surface area contributed by atoms with E-state index in [1.165, 1.54) is 53.2 Å². The Hall–Kier alpha value is -5.38. The van der Waals surface area contributed by atoms with Crippen molar-refractivity contribution in [3.05, 3.63) is 130 Å². The summed E-state index contributed by atoms with van der Waals surface area (Å²) in [6, 6.07) is 16.1. The zero-order valence-corrected chi connectivity index (χ0v) is 22.0. The molecule has 0 radical (unpaired) electrons. The van der Waals surface area contributed by atoms with Crippen molar-refractivity contribution < 1.29 is 22.8 Å². The number of Topliss-reactive ketones (excluding diaryl/α,β-unsaturated/α-hetero) is 1. The number of carbonyl (C=O) groups is 1. The van der Waals surface area contributed by atoms with Gasteiger partial charge < -0.3 is 9.26 Å². The van der Waals surface area contributed by atoms with E-state index in [1.807, 2.05) is 13.1 Å². The van der Waals surface area contributed by atoms with Crippen molar-refractivity contribution in [2.24, 2.45) is 0 Å². The van der Waals surface area contributed by atoms with Crippen LogP contribution in [0.25, 0.3) is 22.3 Å². The average Bonchev–Trinajstić information content (AvgIpc) is 3.56. The molecule has 6 aromatic rings. The van der Waals surface area contributed by atoms with Crippen LogP contribution in [0.15, 0.2) is 94.6 Å². The first-order valence-electron chi connectivity index (χ1n) is 12.7. The van der Waals surface area contributed by atoms with Crippen LogP contribution >= 0.6 is 0 Å². The Morgan fingerprint density at radius 1 is 1.00 bits per heavy atom. The minimum absolute atomic E-state index is 0.0430. The third-order valence-corrected chi connectivity index (χ3v) is 6.73. The minimum atomic E-state index is -0.674. The van der Waals surface area contributed by atoms with Crippen LogP contribution in [0.4, 0.5) is 8.78 Å². The average molecular weight is 553 g/mol. The molecule has 0 amide bonds. The normalized spacial score (nSPS) is 11.2. The van der Waals surface area contributed by atoms with Gasteiger partial charge in [-0.2, -0.15) is 5.10 Å². The van der Waals surface area contributed by atoms with Gasteiger partial charge in [0.15, 0.2) is 23.1 Å². The van der Waals surface area contributed by atoms with Gasteiger partial charge in [-0.05, 0) is 80.1 Å². The van der Waals surface area contributed by atoms with Crippen LogP contribution in [0.3, 0.4) is 0 Å². The van der Waals surface area contributed by atoms with Crippen molar-refractivity contribution in [3.8, 4) is 28.3 Å². The van der Waals surface area contributed by atoms with Gasteiger partial charge in [0.2, 0.25) is 0 Å². The molecule has 0 saturated carbocycles. The van der Waals surface area contributed by atoms with Crippen molar-refractivity contribution in [2.75, 3.05) is 0 Å². The fourth-order valence-electron chi connectivity index (χ4n) is 4.76. The van der Waals surface area contributed by atoms with Crippen LogP contribution in [0, 0.1) is 25.5 Å². The predicted molar refractivity (Wildman–Crippen MR) is 147 cm³/mol. The Kier molecular flexibility index (Phi) is 6.50. The van der Waals surface area contributed by atoms with Gasteiger partial charge in [-0.3, -0.25) is 14.2 Å². The summed E-state index contributed by atoms with van der Waals surface area (Å²) in [5.41, 5.74) is 3.04. The van der Waals surface area contributed by atoms with Crippen LogP contribution < -0.4 is 10.3 Å². The monoisotopic (exact) mass is 552 g/mol. The Morgan fingerprint density at radius 3 is 2.54 bits per heavy atom. The molecule has 8 nitrogen and oxygen atoms in total.